The monoisotopic (exact) mass is 187 g/mol. The first kappa shape index (κ1) is 8.28. The highest BCUT2D eigenvalue weighted by Gasteiger charge is 1.96. The highest BCUT2D eigenvalue weighted by Crippen LogP contribution is 2.13. The van der Waals surface area contributed by atoms with Gasteiger partial charge in [0.1, 0.15) is 6.33 Å². The van der Waals surface area contributed by atoms with Crippen LogP contribution in [0, 0.1) is 0 Å². The van der Waals surface area contributed by atoms with E-state index in [-0.39, 0.29) is 0 Å². The van der Waals surface area contributed by atoms with Crippen LogP contribution < -0.4 is 0 Å². The smallest absolute Gasteiger partial charge is 0.211 e. The van der Waals surface area contributed by atoms with E-state index in [1.165, 1.54) is 17.1 Å². The van der Waals surface area contributed by atoms with Crippen molar-refractivity contribution in [1.29, 1.82) is 0 Å². The van der Waals surface area contributed by atoms with Gasteiger partial charge in [-0.2, -0.15) is 4.99 Å². The van der Waals surface area contributed by atoms with Crippen LogP contribution in [0.4, 0.5) is 5.69 Å². The van der Waals surface area contributed by atoms with Gasteiger partial charge in [-0.15, -0.1) is 5.10 Å². The van der Waals surface area contributed by atoms with E-state index in [2.05, 4.69) is 20.5 Å². The summed E-state index contributed by atoms with van der Waals surface area (Å²) in [5.74, 6) is 0. The molecule has 1 heterocycles. The minimum atomic E-state index is 0.553. The minimum absolute atomic E-state index is 0.553. The van der Waals surface area contributed by atoms with E-state index in [9.17, 15) is 4.79 Å². The lowest BCUT2D eigenvalue weighted by molar-refractivity contribution is 0.565. The van der Waals surface area contributed by atoms with E-state index in [0.717, 1.165) is 5.69 Å². The van der Waals surface area contributed by atoms with E-state index in [0.29, 0.717) is 5.69 Å². The lowest BCUT2D eigenvalue weighted by Gasteiger charge is -1.97. The first-order valence-electron chi connectivity index (χ1n) is 3.81. The molecule has 0 saturated carbocycles. The first-order valence-corrected chi connectivity index (χ1v) is 3.81. The second-order valence-electron chi connectivity index (χ2n) is 2.47. The fourth-order valence-electron chi connectivity index (χ4n) is 1.01. The van der Waals surface area contributed by atoms with Crippen molar-refractivity contribution in [2.45, 2.75) is 0 Å². The molecule has 0 atom stereocenters. The van der Waals surface area contributed by atoms with Crippen LogP contribution in [0.15, 0.2) is 35.6 Å². The first-order chi connectivity index (χ1) is 6.90. The summed E-state index contributed by atoms with van der Waals surface area (Å²) in [6, 6.07) is 6.88. The third kappa shape index (κ3) is 1.55. The van der Waals surface area contributed by atoms with Crippen LogP contribution in [-0.4, -0.2) is 26.3 Å². The number of carbonyl (C=O) groups excluding carboxylic acids is 1. The Morgan fingerprint density at radius 1 is 1.29 bits per heavy atom. The summed E-state index contributed by atoms with van der Waals surface area (Å²) in [4.78, 5) is 13.4. The molecule has 0 aliphatic rings. The summed E-state index contributed by atoms with van der Waals surface area (Å²) in [5, 5.41) is 10.7. The van der Waals surface area contributed by atoms with Crippen molar-refractivity contribution >= 4 is 11.8 Å². The standard InChI is InChI=1S/C8H5N5O/c14-6-9-7-1-3-8(4-2-7)13-5-10-11-12-13/h1-5H. The number of tetrazole rings is 1. The summed E-state index contributed by atoms with van der Waals surface area (Å²) in [5.41, 5.74) is 1.36. The Kier molecular flexibility index (Phi) is 2.12. The van der Waals surface area contributed by atoms with E-state index < -0.39 is 0 Å². The lowest BCUT2D eigenvalue weighted by atomic mass is 10.3. The van der Waals surface area contributed by atoms with E-state index in [1.54, 1.807) is 24.3 Å². The molecule has 0 unspecified atom stereocenters. The molecule has 0 amide bonds. The Balaban J connectivity index is 2.35. The molecule has 0 aliphatic carbocycles. The van der Waals surface area contributed by atoms with Gasteiger partial charge in [-0.25, -0.2) is 9.48 Å². The summed E-state index contributed by atoms with van der Waals surface area (Å²) in [7, 11) is 0. The predicted molar refractivity (Wildman–Crippen MR) is 46.9 cm³/mol. The number of isocyanates is 1. The number of rotatable bonds is 2. The molecule has 0 saturated heterocycles. The topological polar surface area (TPSA) is 73.0 Å². The maximum absolute atomic E-state index is 9.96. The summed E-state index contributed by atoms with van der Waals surface area (Å²) >= 11 is 0. The summed E-state index contributed by atoms with van der Waals surface area (Å²) in [6.45, 7) is 0. The van der Waals surface area contributed by atoms with Gasteiger partial charge in [0.2, 0.25) is 6.08 Å². The van der Waals surface area contributed by atoms with Crippen LogP contribution in [0.25, 0.3) is 5.69 Å². The average Bonchev–Trinajstić information content (AvgIpc) is 2.72. The fraction of sp³-hybridized carbons (Fsp3) is 0. The predicted octanol–water partition coefficient (Wildman–Crippen LogP) is 0.630. The normalized spacial score (nSPS) is 9.43. The molecule has 0 aliphatic heterocycles. The number of hydrogen-bond acceptors (Lipinski definition) is 5. The van der Waals surface area contributed by atoms with Crippen molar-refractivity contribution in [2.75, 3.05) is 0 Å². The van der Waals surface area contributed by atoms with Crippen LogP contribution in [0.2, 0.25) is 0 Å². The minimum Gasteiger partial charge on any atom is -0.211 e. The zero-order chi connectivity index (χ0) is 9.80. The van der Waals surface area contributed by atoms with Crippen LogP contribution in [-0.2, 0) is 4.79 Å². The molecule has 6 heteroatoms. The molecule has 68 valence electrons. The van der Waals surface area contributed by atoms with Gasteiger partial charge in [-0.3, -0.25) is 0 Å². The van der Waals surface area contributed by atoms with E-state index in [4.69, 9.17) is 0 Å². The maximum atomic E-state index is 9.96. The largest absolute Gasteiger partial charge is 0.240 e. The van der Waals surface area contributed by atoms with Crippen LogP contribution in [0.1, 0.15) is 0 Å². The van der Waals surface area contributed by atoms with E-state index >= 15 is 0 Å². The Morgan fingerprint density at radius 3 is 2.64 bits per heavy atom. The molecule has 0 bridgehead atoms. The van der Waals surface area contributed by atoms with Crippen molar-refractivity contribution in [2.24, 2.45) is 4.99 Å². The molecule has 0 radical (unpaired) electrons. The number of hydrogen-bond donors (Lipinski definition) is 0. The number of aromatic nitrogens is 4. The number of benzene rings is 1. The summed E-state index contributed by atoms with van der Waals surface area (Å²) < 4.78 is 1.51. The molecule has 1 aromatic heterocycles. The van der Waals surface area contributed by atoms with Crippen LogP contribution in [0.3, 0.4) is 0 Å². The van der Waals surface area contributed by atoms with Crippen LogP contribution >= 0.6 is 0 Å². The van der Waals surface area contributed by atoms with Gasteiger partial charge in [0, 0.05) is 0 Å². The molecule has 0 spiro atoms. The molecule has 6 nitrogen and oxygen atoms in total. The van der Waals surface area contributed by atoms with Gasteiger partial charge in [-0.05, 0) is 34.7 Å². The van der Waals surface area contributed by atoms with Gasteiger partial charge >= 0.3 is 0 Å². The third-order valence-electron chi connectivity index (χ3n) is 1.64. The summed E-state index contributed by atoms with van der Waals surface area (Å²) in [6.07, 6.45) is 2.95. The van der Waals surface area contributed by atoms with Gasteiger partial charge in [0.15, 0.2) is 0 Å². The second kappa shape index (κ2) is 3.59. The number of aliphatic imine (C=N–C) groups is 1. The van der Waals surface area contributed by atoms with Crippen molar-refractivity contribution in [3.63, 3.8) is 0 Å². The van der Waals surface area contributed by atoms with Gasteiger partial charge in [0.05, 0.1) is 11.4 Å². The third-order valence-corrected chi connectivity index (χ3v) is 1.64. The molecule has 0 N–H and O–H groups in total. The Hall–Kier alpha value is -2.33. The average molecular weight is 187 g/mol. The number of nitrogens with zero attached hydrogens (tertiary/aromatic N) is 5. The molecule has 1 aromatic carbocycles. The van der Waals surface area contributed by atoms with E-state index in [1.807, 2.05) is 0 Å². The molecule has 14 heavy (non-hydrogen) atoms. The SMILES string of the molecule is O=C=Nc1ccc(-n2cnnn2)cc1. The fourth-order valence-corrected chi connectivity index (χ4v) is 1.01. The van der Waals surface area contributed by atoms with Gasteiger partial charge in [0.25, 0.3) is 0 Å². The Labute approximate surface area is 78.9 Å². The zero-order valence-corrected chi connectivity index (χ0v) is 7.03. The highest BCUT2D eigenvalue weighted by atomic mass is 16.1. The van der Waals surface area contributed by atoms with Crippen molar-refractivity contribution in [3.8, 4) is 5.69 Å². The van der Waals surface area contributed by atoms with Gasteiger partial charge in [-0.1, -0.05) is 0 Å². The van der Waals surface area contributed by atoms with Crippen molar-refractivity contribution < 1.29 is 4.79 Å². The molecular formula is C8H5N5O. The second-order valence-corrected chi connectivity index (χ2v) is 2.47. The molecule has 0 fully saturated rings. The van der Waals surface area contributed by atoms with Crippen LogP contribution in [0.5, 0.6) is 0 Å². The van der Waals surface area contributed by atoms with Crippen molar-refractivity contribution in [3.05, 3.63) is 30.6 Å². The molecular weight excluding hydrogens is 182 g/mol. The van der Waals surface area contributed by atoms with Crippen molar-refractivity contribution in [1.82, 2.24) is 20.2 Å². The molecule has 2 rings (SSSR count). The Morgan fingerprint density at radius 2 is 2.07 bits per heavy atom. The molecule has 2 aromatic rings. The Bertz CT molecular complexity index is 455. The highest BCUT2D eigenvalue weighted by molar-refractivity contribution is 5.51. The quantitative estimate of drug-likeness (QED) is 0.510. The van der Waals surface area contributed by atoms with Gasteiger partial charge < -0.3 is 0 Å². The lowest BCUT2D eigenvalue weighted by Crippen LogP contribution is -1.93. The maximum Gasteiger partial charge on any atom is 0.240 e. The zero-order valence-electron chi connectivity index (χ0n) is 7.03.